The first-order valence-corrected chi connectivity index (χ1v) is 9.63. The van der Waals surface area contributed by atoms with Crippen molar-refractivity contribution in [2.45, 2.75) is 40.0 Å². The molecule has 0 N–H and O–H groups in total. The number of nitrogens with zero attached hydrogens (tertiary/aromatic N) is 2. The molecule has 0 saturated heterocycles. The lowest BCUT2D eigenvalue weighted by molar-refractivity contribution is 0.842. The zero-order valence-electron chi connectivity index (χ0n) is 15.0. The van der Waals surface area contributed by atoms with E-state index in [-0.39, 0.29) is 0 Å². The fourth-order valence-electron chi connectivity index (χ4n) is 3.30. The van der Waals surface area contributed by atoms with Gasteiger partial charge in [-0.1, -0.05) is 47.2 Å². The Kier molecular flexibility index (Phi) is 4.26. The van der Waals surface area contributed by atoms with Crippen molar-refractivity contribution in [3.63, 3.8) is 0 Å². The van der Waals surface area contributed by atoms with Crippen molar-refractivity contribution < 1.29 is 0 Å². The molecule has 0 radical (unpaired) electrons. The molecule has 0 aliphatic heterocycles. The van der Waals surface area contributed by atoms with Crippen molar-refractivity contribution in [3.8, 4) is 11.3 Å². The van der Waals surface area contributed by atoms with E-state index in [0.717, 1.165) is 29.2 Å². The van der Waals surface area contributed by atoms with E-state index in [2.05, 4.69) is 62.2 Å². The molecule has 0 amide bonds. The van der Waals surface area contributed by atoms with Crippen molar-refractivity contribution in [1.29, 1.82) is 0 Å². The normalized spacial score (nSPS) is 13.6. The van der Waals surface area contributed by atoms with Crippen LogP contribution in [0.2, 0.25) is 0 Å². The van der Waals surface area contributed by atoms with E-state index in [1.165, 1.54) is 39.1 Å². The van der Waals surface area contributed by atoms with Crippen molar-refractivity contribution in [1.82, 2.24) is 4.98 Å². The Labute approximate surface area is 153 Å². The summed E-state index contributed by atoms with van der Waals surface area (Å²) in [7, 11) is 0. The Morgan fingerprint density at radius 3 is 2.56 bits per heavy atom. The average molecular weight is 346 g/mol. The fourth-order valence-corrected chi connectivity index (χ4v) is 4.26. The minimum Gasteiger partial charge on any atom is -0.227 e. The van der Waals surface area contributed by atoms with Crippen LogP contribution < -0.4 is 0 Å². The maximum absolute atomic E-state index is 4.88. The summed E-state index contributed by atoms with van der Waals surface area (Å²) in [4.78, 5) is 10.9. The van der Waals surface area contributed by atoms with Crippen LogP contribution >= 0.6 is 11.3 Å². The highest BCUT2D eigenvalue weighted by molar-refractivity contribution is 7.15. The van der Waals surface area contributed by atoms with Crippen molar-refractivity contribution in [2.24, 2.45) is 4.99 Å². The van der Waals surface area contributed by atoms with E-state index >= 15 is 0 Å². The number of aliphatic imine (C=N–C) groups is 1. The predicted octanol–water partition coefficient (Wildman–Crippen LogP) is 5.97. The Morgan fingerprint density at radius 2 is 1.76 bits per heavy atom. The third-order valence-electron chi connectivity index (χ3n) is 4.91. The predicted molar refractivity (Wildman–Crippen MR) is 107 cm³/mol. The maximum Gasteiger partial charge on any atom is 0.209 e. The summed E-state index contributed by atoms with van der Waals surface area (Å²) in [5, 5.41) is 0.858. The highest BCUT2D eigenvalue weighted by Crippen LogP contribution is 2.39. The second kappa shape index (κ2) is 6.57. The van der Waals surface area contributed by atoms with Crippen LogP contribution in [0.15, 0.2) is 41.4 Å². The van der Waals surface area contributed by atoms with E-state index < -0.39 is 0 Å². The zero-order valence-corrected chi connectivity index (χ0v) is 15.8. The SMILES string of the molecule is Cc1ccc(/C=N/c2nc3c(s2)CCCc2cc(C)c(C)cc2-3)cc1. The Morgan fingerprint density at radius 1 is 1.00 bits per heavy atom. The summed E-state index contributed by atoms with van der Waals surface area (Å²) in [5.74, 6) is 0. The quantitative estimate of drug-likeness (QED) is 0.524. The van der Waals surface area contributed by atoms with E-state index in [9.17, 15) is 0 Å². The molecule has 3 heteroatoms. The monoisotopic (exact) mass is 346 g/mol. The minimum atomic E-state index is 0.858. The summed E-state index contributed by atoms with van der Waals surface area (Å²) >= 11 is 1.74. The molecule has 2 nitrogen and oxygen atoms in total. The largest absolute Gasteiger partial charge is 0.227 e. The second-order valence-electron chi connectivity index (χ2n) is 6.88. The van der Waals surface area contributed by atoms with Crippen LogP contribution in [0.4, 0.5) is 5.13 Å². The molecular weight excluding hydrogens is 324 g/mol. The highest BCUT2D eigenvalue weighted by atomic mass is 32.1. The smallest absolute Gasteiger partial charge is 0.209 e. The van der Waals surface area contributed by atoms with Crippen LogP contribution in [0.5, 0.6) is 0 Å². The van der Waals surface area contributed by atoms with E-state index in [1.807, 2.05) is 6.21 Å². The molecule has 126 valence electrons. The molecule has 25 heavy (non-hydrogen) atoms. The van der Waals surface area contributed by atoms with Crippen LogP contribution in [-0.2, 0) is 12.8 Å². The molecule has 1 aliphatic carbocycles. The van der Waals surface area contributed by atoms with Gasteiger partial charge in [0.1, 0.15) is 0 Å². The van der Waals surface area contributed by atoms with Gasteiger partial charge in [0.25, 0.3) is 0 Å². The van der Waals surface area contributed by atoms with E-state index in [1.54, 1.807) is 11.3 Å². The summed E-state index contributed by atoms with van der Waals surface area (Å²) in [5.41, 5.74) is 8.98. The van der Waals surface area contributed by atoms with Crippen LogP contribution in [0.25, 0.3) is 11.3 Å². The van der Waals surface area contributed by atoms with Gasteiger partial charge in [-0.15, -0.1) is 0 Å². The van der Waals surface area contributed by atoms with Gasteiger partial charge < -0.3 is 0 Å². The lowest BCUT2D eigenvalue weighted by Gasteiger charge is -2.09. The van der Waals surface area contributed by atoms with Crippen LogP contribution in [0.3, 0.4) is 0 Å². The van der Waals surface area contributed by atoms with Gasteiger partial charge in [-0.2, -0.15) is 0 Å². The summed E-state index contributed by atoms with van der Waals surface area (Å²) in [6.45, 7) is 6.47. The first-order valence-electron chi connectivity index (χ1n) is 8.81. The Bertz CT molecular complexity index is 949. The molecule has 4 rings (SSSR count). The number of benzene rings is 2. The number of thiazole rings is 1. The molecule has 2 aromatic carbocycles. The second-order valence-corrected chi connectivity index (χ2v) is 7.95. The van der Waals surface area contributed by atoms with Gasteiger partial charge in [0.15, 0.2) is 0 Å². The van der Waals surface area contributed by atoms with Crippen LogP contribution in [0, 0.1) is 20.8 Å². The lowest BCUT2D eigenvalue weighted by atomic mass is 9.97. The standard InChI is InChI=1S/C22H22N2S/c1-14-7-9-17(10-8-14)13-23-22-24-21-19-12-16(3)15(2)11-18(19)5-4-6-20(21)25-22/h7-13H,4-6H2,1-3H3/b23-13+. The number of fused-ring (bicyclic) bond motifs is 3. The molecule has 1 aromatic heterocycles. The third-order valence-corrected chi connectivity index (χ3v) is 5.94. The number of rotatable bonds is 2. The van der Waals surface area contributed by atoms with Gasteiger partial charge in [0.05, 0.1) is 5.69 Å². The number of hydrogen-bond donors (Lipinski definition) is 0. The Balaban J connectivity index is 1.71. The maximum atomic E-state index is 4.88. The van der Waals surface area contributed by atoms with E-state index in [0.29, 0.717) is 0 Å². The lowest BCUT2D eigenvalue weighted by Crippen LogP contribution is -1.92. The molecule has 0 spiro atoms. The topological polar surface area (TPSA) is 25.2 Å². The molecule has 0 saturated carbocycles. The first kappa shape index (κ1) is 16.2. The van der Waals surface area contributed by atoms with Gasteiger partial charge in [-0.25, -0.2) is 9.98 Å². The first-order chi connectivity index (χ1) is 12.1. The highest BCUT2D eigenvalue weighted by Gasteiger charge is 2.19. The molecule has 0 fully saturated rings. The Hall–Kier alpha value is -2.26. The fraction of sp³-hybridized carbons (Fsp3) is 0.273. The van der Waals surface area contributed by atoms with Gasteiger partial charge >= 0.3 is 0 Å². The van der Waals surface area contributed by atoms with Crippen molar-refractivity contribution in [2.75, 3.05) is 0 Å². The number of hydrogen-bond acceptors (Lipinski definition) is 3. The molecule has 0 atom stereocenters. The molecule has 3 aromatic rings. The number of aromatic nitrogens is 1. The molecule has 0 unspecified atom stereocenters. The number of aryl methyl sites for hydroxylation is 5. The average Bonchev–Trinajstić information content (AvgIpc) is 2.93. The molecule has 0 bridgehead atoms. The minimum absolute atomic E-state index is 0.858. The van der Waals surface area contributed by atoms with Gasteiger partial charge in [-0.05, 0) is 68.4 Å². The zero-order chi connectivity index (χ0) is 17.4. The van der Waals surface area contributed by atoms with E-state index in [4.69, 9.17) is 4.98 Å². The molecular formula is C22H22N2S. The van der Waals surface area contributed by atoms with Gasteiger partial charge in [0, 0.05) is 16.7 Å². The third kappa shape index (κ3) is 3.29. The molecule has 1 aliphatic rings. The summed E-state index contributed by atoms with van der Waals surface area (Å²) in [6.07, 6.45) is 5.34. The van der Waals surface area contributed by atoms with Gasteiger partial charge in [0.2, 0.25) is 5.13 Å². The summed E-state index contributed by atoms with van der Waals surface area (Å²) < 4.78 is 0. The van der Waals surface area contributed by atoms with Crippen LogP contribution in [0.1, 0.15) is 39.1 Å². The van der Waals surface area contributed by atoms with Gasteiger partial charge in [-0.3, -0.25) is 0 Å². The van der Waals surface area contributed by atoms with Crippen molar-refractivity contribution >= 4 is 22.7 Å². The van der Waals surface area contributed by atoms with Crippen molar-refractivity contribution in [3.05, 3.63) is 69.1 Å². The molecule has 1 heterocycles. The summed E-state index contributed by atoms with van der Waals surface area (Å²) in [6, 6.07) is 13.1. The van der Waals surface area contributed by atoms with Crippen LogP contribution in [-0.4, -0.2) is 11.2 Å².